The fraction of sp³-hybridized carbons (Fsp3) is 0.125. The number of hydrogen-bond acceptors (Lipinski definition) is 5. The molecule has 0 bridgehead atoms. The third-order valence-electron chi connectivity index (χ3n) is 3.10. The van der Waals surface area contributed by atoms with Gasteiger partial charge in [-0.15, -0.1) is 0 Å². The first-order valence-corrected chi connectivity index (χ1v) is 7.96. The summed E-state index contributed by atoms with van der Waals surface area (Å²) in [7, 11) is 0. The van der Waals surface area contributed by atoms with E-state index >= 15 is 0 Å². The summed E-state index contributed by atoms with van der Waals surface area (Å²) < 4.78 is 5.21. The lowest BCUT2D eigenvalue weighted by atomic mass is 10.2. The van der Waals surface area contributed by atoms with Gasteiger partial charge in [-0.2, -0.15) is 4.98 Å². The Morgan fingerprint density at radius 1 is 1.17 bits per heavy atom. The quantitative estimate of drug-likeness (QED) is 0.689. The first kappa shape index (κ1) is 16.4. The first-order chi connectivity index (χ1) is 11.6. The molecule has 6 nitrogen and oxygen atoms in total. The summed E-state index contributed by atoms with van der Waals surface area (Å²) in [6.45, 7) is 2.23. The molecule has 24 heavy (non-hydrogen) atoms. The largest absolute Gasteiger partial charge is 0.353 e. The van der Waals surface area contributed by atoms with E-state index in [0.29, 0.717) is 34.2 Å². The van der Waals surface area contributed by atoms with Crippen molar-refractivity contribution in [2.75, 3.05) is 5.32 Å². The zero-order chi connectivity index (χ0) is 16.9. The second kappa shape index (κ2) is 7.37. The van der Waals surface area contributed by atoms with Crippen LogP contribution < -0.4 is 10.6 Å². The van der Waals surface area contributed by atoms with Crippen LogP contribution in [0.2, 0.25) is 5.02 Å². The van der Waals surface area contributed by atoms with Crippen LogP contribution in [0.4, 0.5) is 5.82 Å². The molecule has 8 heteroatoms. The number of thiocarbonyl (C=S) groups is 1. The lowest BCUT2D eigenvalue weighted by Crippen LogP contribution is -2.28. The van der Waals surface area contributed by atoms with E-state index in [-0.39, 0.29) is 0 Å². The van der Waals surface area contributed by atoms with Gasteiger partial charge < -0.3 is 15.2 Å². The molecule has 0 aliphatic rings. The Balaban J connectivity index is 1.57. The van der Waals surface area contributed by atoms with E-state index in [4.69, 9.17) is 28.3 Å². The summed E-state index contributed by atoms with van der Waals surface area (Å²) >= 11 is 11.1. The van der Waals surface area contributed by atoms with Crippen molar-refractivity contribution in [3.8, 4) is 11.4 Å². The molecule has 3 rings (SSSR count). The molecule has 0 unspecified atom stereocenters. The predicted molar refractivity (Wildman–Crippen MR) is 96.8 cm³/mol. The van der Waals surface area contributed by atoms with E-state index in [9.17, 15) is 0 Å². The molecule has 0 radical (unpaired) electrons. The smallest absolute Gasteiger partial charge is 0.246 e. The number of pyridine rings is 1. The molecule has 3 aromatic rings. The van der Waals surface area contributed by atoms with E-state index in [0.717, 1.165) is 11.3 Å². The average molecular weight is 360 g/mol. The molecular formula is C16H14ClN5OS. The van der Waals surface area contributed by atoms with Gasteiger partial charge in [0.05, 0.1) is 6.54 Å². The van der Waals surface area contributed by atoms with Crippen molar-refractivity contribution in [2.24, 2.45) is 0 Å². The summed E-state index contributed by atoms with van der Waals surface area (Å²) in [6, 6.07) is 12.9. The molecule has 2 N–H and O–H groups in total. The van der Waals surface area contributed by atoms with Gasteiger partial charge >= 0.3 is 0 Å². The number of nitrogens with one attached hydrogen (secondary N) is 2. The van der Waals surface area contributed by atoms with Gasteiger partial charge in [0, 0.05) is 16.3 Å². The van der Waals surface area contributed by atoms with Gasteiger partial charge in [0.15, 0.2) is 5.11 Å². The lowest BCUT2D eigenvalue weighted by Gasteiger charge is -2.08. The van der Waals surface area contributed by atoms with Gasteiger partial charge in [-0.3, -0.25) is 0 Å². The van der Waals surface area contributed by atoms with Gasteiger partial charge in [0.25, 0.3) is 0 Å². The topological polar surface area (TPSA) is 75.9 Å². The van der Waals surface area contributed by atoms with Crippen LogP contribution in [0.5, 0.6) is 0 Å². The van der Waals surface area contributed by atoms with Crippen molar-refractivity contribution in [3.63, 3.8) is 0 Å². The zero-order valence-electron chi connectivity index (χ0n) is 12.8. The second-order valence-electron chi connectivity index (χ2n) is 4.99. The number of halogens is 1. The van der Waals surface area contributed by atoms with Crippen LogP contribution in [-0.2, 0) is 6.54 Å². The fourth-order valence-electron chi connectivity index (χ4n) is 1.97. The summed E-state index contributed by atoms with van der Waals surface area (Å²) in [4.78, 5) is 8.64. The molecule has 2 heterocycles. The molecule has 0 spiro atoms. The Kier molecular flexibility index (Phi) is 5.02. The molecule has 0 amide bonds. The Morgan fingerprint density at radius 2 is 1.96 bits per heavy atom. The van der Waals surface area contributed by atoms with Crippen molar-refractivity contribution >= 4 is 34.7 Å². The standard InChI is InChI=1S/C16H14ClN5OS/c1-10-3-2-4-13(19-10)20-16(24)18-9-14-21-15(22-23-14)11-5-7-12(17)8-6-11/h2-8H,9H2,1H3,(H2,18,19,20,24). The summed E-state index contributed by atoms with van der Waals surface area (Å²) in [5, 5.41) is 11.0. The summed E-state index contributed by atoms with van der Waals surface area (Å²) in [5.41, 5.74) is 1.74. The molecule has 0 aliphatic heterocycles. The fourth-order valence-corrected chi connectivity index (χ4v) is 2.27. The van der Waals surface area contributed by atoms with Crippen molar-refractivity contribution in [1.82, 2.24) is 20.4 Å². The molecule has 0 saturated carbocycles. The maximum atomic E-state index is 5.86. The molecule has 0 fully saturated rings. The molecular weight excluding hydrogens is 346 g/mol. The minimum atomic E-state index is 0.318. The Hall–Kier alpha value is -2.51. The van der Waals surface area contributed by atoms with Crippen molar-refractivity contribution < 1.29 is 4.52 Å². The molecule has 0 saturated heterocycles. The van der Waals surface area contributed by atoms with Crippen LogP contribution in [0, 0.1) is 6.92 Å². The van der Waals surface area contributed by atoms with Crippen molar-refractivity contribution in [3.05, 3.63) is 59.1 Å². The lowest BCUT2D eigenvalue weighted by molar-refractivity contribution is 0.376. The SMILES string of the molecule is Cc1cccc(NC(=S)NCc2nc(-c3ccc(Cl)cc3)no2)n1. The van der Waals surface area contributed by atoms with Crippen LogP contribution in [-0.4, -0.2) is 20.2 Å². The average Bonchev–Trinajstić information content (AvgIpc) is 3.03. The molecule has 1 aromatic carbocycles. The second-order valence-corrected chi connectivity index (χ2v) is 5.84. The molecule has 2 aromatic heterocycles. The van der Waals surface area contributed by atoms with Crippen LogP contribution in [0.15, 0.2) is 47.0 Å². The van der Waals surface area contributed by atoms with E-state index in [1.165, 1.54) is 0 Å². The summed E-state index contributed by atoms with van der Waals surface area (Å²) in [5.74, 6) is 1.61. The number of anilines is 1. The molecule has 122 valence electrons. The Bertz CT molecular complexity index is 850. The minimum absolute atomic E-state index is 0.318. The number of aryl methyl sites for hydroxylation is 1. The van der Waals surface area contributed by atoms with Crippen LogP contribution in [0.3, 0.4) is 0 Å². The van der Waals surface area contributed by atoms with Crippen molar-refractivity contribution in [2.45, 2.75) is 13.5 Å². The minimum Gasteiger partial charge on any atom is -0.353 e. The van der Waals surface area contributed by atoms with E-state index in [1.54, 1.807) is 12.1 Å². The number of nitrogens with zero attached hydrogens (tertiary/aromatic N) is 3. The monoisotopic (exact) mass is 359 g/mol. The van der Waals surface area contributed by atoms with Crippen molar-refractivity contribution in [1.29, 1.82) is 0 Å². The number of hydrogen-bond donors (Lipinski definition) is 2. The van der Waals surface area contributed by atoms with Crippen LogP contribution in [0.25, 0.3) is 11.4 Å². The van der Waals surface area contributed by atoms with E-state index < -0.39 is 0 Å². The number of benzene rings is 1. The molecule has 0 atom stereocenters. The van der Waals surface area contributed by atoms with Crippen LogP contribution in [0.1, 0.15) is 11.6 Å². The van der Waals surface area contributed by atoms with E-state index in [1.807, 2.05) is 37.3 Å². The van der Waals surface area contributed by atoms with Gasteiger partial charge in [-0.05, 0) is 55.5 Å². The zero-order valence-corrected chi connectivity index (χ0v) is 14.4. The van der Waals surface area contributed by atoms with Gasteiger partial charge in [-0.1, -0.05) is 22.8 Å². The predicted octanol–water partition coefficient (Wildman–Crippen LogP) is 3.58. The third-order valence-corrected chi connectivity index (χ3v) is 3.60. The number of aromatic nitrogens is 3. The summed E-state index contributed by atoms with van der Waals surface area (Å²) in [6.07, 6.45) is 0. The molecule has 0 aliphatic carbocycles. The highest BCUT2D eigenvalue weighted by Crippen LogP contribution is 2.18. The normalized spacial score (nSPS) is 10.4. The Labute approximate surface area is 149 Å². The highest BCUT2D eigenvalue weighted by atomic mass is 35.5. The van der Waals surface area contributed by atoms with Gasteiger partial charge in [0.1, 0.15) is 5.82 Å². The maximum Gasteiger partial charge on any atom is 0.246 e. The number of rotatable bonds is 4. The van der Waals surface area contributed by atoms with Crippen LogP contribution >= 0.6 is 23.8 Å². The third kappa shape index (κ3) is 4.27. The Morgan fingerprint density at radius 3 is 2.71 bits per heavy atom. The first-order valence-electron chi connectivity index (χ1n) is 7.17. The highest BCUT2D eigenvalue weighted by Gasteiger charge is 2.09. The highest BCUT2D eigenvalue weighted by molar-refractivity contribution is 7.80. The van der Waals surface area contributed by atoms with E-state index in [2.05, 4.69) is 25.8 Å². The van der Waals surface area contributed by atoms with Gasteiger partial charge in [0.2, 0.25) is 11.7 Å². The van der Waals surface area contributed by atoms with Gasteiger partial charge in [-0.25, -0.2) is 4.98 Å². The maximum absolute atomic E-state index is 5.86.